The highest BCUT2D eigenvalue weighted by Gasteiger charge is 2.30. The summed E-state index contributed by atoms with van der Waals surface area (Å²) in [6.07, 6.45) is 132. The normalized spacial score (nSPS) is 14.4. The second-order valence-corrected chi connectivity index (χ2v) is 36.8. The lowest BCUT2D eigenvalue weighted by molar-refractivity contribution is -0.161. The van der Waals surface area contributed by atoms with E-state index in [0.29, 0.717) is 19.3 Å². The number of allylic oxidation sites excluding steroid dienone is 30. The van der Waals surface area contributed by atoms with E-state index in [1.807, 2.05) is 0 Å². The van der Waals surface area contributed by atoms with Crippen LogP contribution in [0.1, 0.15) is 432 Å². The number of hydrogen-bond donors (Lipinski definition) is 4. The van der Waals surface area contributed by atoms with E-state index in [1.54, 1.807) is 0 Å². The van der Waals surface area contributed by atoms with Gasteiger partial charge in [0.25, 0.3) is 0 Å². The molecule has 0 aromatic heterocycles. The molecule has 0 aromatic rings. The maximum atomic E-state index is 13.1. The Morgan fingerprint density at radius 2 is 0.417 bits per heavy atom. The zero-order chi connectivity index (χ0) is 92.1. The molecule has 5 unspecified atom stereocenters. The molecule has 0 aromatic carbocycles. The first-order valence-corrected chi connectivity index (χ1v) is 54.1. The highest BCUT2D eigenvalue weighted by molar-refractivity contribution is 7.47. The molecule has 18 heteroatoms. The summed E-state index contributed by atoms with van der Waals surface area (Å²) in [5.41, 5.74) is 0. The van der Waals surface area contributed by atoms with Crippen LogP contribution in [0.4, 0.5) is 0 Å². The molecule has 0 fully saturated rings. The van der Waals surface area contributed by atoms with E-state index in [1.165, 1.54) is 199 Å². The first kappa shape index (κ1) is 122. The summed E-state index contributed by atoms with van der Waals surface area (Å²) in [7, 11) is -9.82. The Labute approximate surface area is 776 Å². The number of carbonyl (C=O) groups is 3. The van der Waals surface area contributed by atoms with E-state index in [4.69, 9.17) is 32.3 Å². The molecule has 0 radical (unpaired) electrons. The van der Waals surface area contributed by atoms with E-state index < -0.39 is 91.5 Å². The van der Waals surface area contributed by atoms with Gasteiger partial charge in [0.1, 0.15) is 25.4 Å². The topological polar surface area (TPSA) is 231 Å². The molecule has 0 heterocycles. The van der Waals surface area contributed by atoms with E-state index in [9.17, 15) is 43.5 Å². The predicted octanol–water partition coefficient (Wildman–Crippen LogP) is 32.3. The molecule has 0 bridgehead atoms. The fourth-order valence-corrected chi connectivity index (χ4v) is 15.5. The van der Waals surface area contributed by atoms with Crippen LogP contribution in [0.3, 0.4) is 0 Å². The van der Waals surface area contributed by atoms with Crippen molar-refractivity contribution in [3.05, 3.63) is 182 Å². The Morgan fingerprint density at radius 3 is 0.661 bits per heavy atom. The smallest absolute Gasteiger partial charge is 0.463 e. The molecule has 4 N–H and O–H groups in total. The van der Waals surface area contributed by atoms with Crippen molar-refractivity contribution in [2.75, 3.05) is 39.6 Å². The van der Waals surface area contributed by atoms with E-state index in [0.717, 1.165) is 173 Å². The maximum absolute atomic E-state index is 13.1. The SMILES string of the molecule is CC/C=C\C/C=C\C/C=C\C/C=C\C/C=C\C/C=C\CCCCCCCCCCCCCCC(=O)OCC(COP(=O)(O)OCC(O)COP(=O)(O)OCC(O)COC(=O)CCCCCCCCCCCCCCCCCCCCC/C=C\C/C=C\C/C=C\C/C=C\CCCCC)OC(=O)CCCCCCCCCCC/C=C\C/C=C\C/C=C\C/C=C\C/C=C\CC. The Morgan fingerprint density at radius 1 is 0.228 bits per heavy atom. The summed E-state index contributed by atoms with van der Waals surface area (Å²) in [6.45, 7) is 2.48. The number of esters is 3. The van der Waals surface area contributed by atoms with Crippen molar-refractivity contribution in [1.82, 2.24) is 0 Å². The highest BCUT2D eigenvalue weighted by Crippen LogP contribution is 2.45. The van der Waals surface area contributed by atoms with Crippen LogP contribution in [0.15, 0.2) is 182 Å². The van der Waals surface area contributed by atoms with Crippen molar-refractivity contribution < 1.29 is 75.8 Å². The van der Waals surface area contributed by atoms with Gasteiger partial charge in [0.15, 0.2) is 6.10 Å². The number of rotatable bonds is 96. The molecule has 0 spiro atoms. The van der Waals surface area contributed by atoms with Crippen LogP contribution in [-0.2, 0) is 55.8 Å². The standard InChI is InChI=1S/C109H186O16P2/c1-4-7-10-13-16-19-22-25-28-31-34-37-40-43-45-47-49-50-51-52-54-56-57-60-62-65-68-71-74-77-80-83-86-89-92-95-107(112)119-98-104(110)99-121-126(115,116)122-100-105(111)101-123-127(117,118)124-103-106(125-109(114)97-94-91-88-85-82-79-76-73-70-67-64-59-42-39-36-33-30-27-24-21-18-15-12-9-6-3)102-120-108(113)96-93-90-87-84-81-78-75-72-69-66-63-61-58-55-53-48-46-44-41-38-35-32-29-26-23-20-17-14-11-8-5-2/h8-9,11-12,16-21,25-30,34-39,43-46,53,55,59,64,104-106,110-111H,4-7,10,13-15,22-24,31-33,40-42,47-52,54,56-58,60-63,65-103H2,1-3H3,(H,115,116)(H,117,118)/b11-8-,12-9-,19-16-,20-17-,21-18-,28-25-,29-26-,30-27-,37-34-,38-35-,39-36-,45-43-,46-44-,55-53-,64-59-. The Kier molecular flexibility index (Phi) is 95.5. The average molecular weight is 1810 g/mol. The van der Waals surface area contributed by atoms with Crippen LogP contribution in [-0.4, -0.2) is 95.9 Å². The number of unbranched alkanes of at least 4 members (excludes halogenated alkanes) is 43. The molecule has 127 heavy (non-hydrogen) atoms. The van der Waals surface area contributed by atoms with Gasteiger partial charge in [-0.15, -0.1) is 0 Å². The van der Waals surface area contributed by atoms with Crippen molar-refractivity contribution in [2.45, 2.75) is 450 Å². The number of aliphatic hydroxyl groups excluding tert-OH is 2. The van der Waals surface area contributed by atoms with Crippen LogP contribution < -0.4 is 0 Å². The molecule has 5 atom stereocenters. The molecule has 728 valence electrons. The van der Waals surface area contributed by atoms with Crippen molar-refractivity contribution in [3.8, 4) is 0 Å². The third-order valence-electron chi connectivity index (χ3n) is 21.6. The Hall–Kier alpha value is -5.35. The average Bonchev–Trinajstić information content (AvgIpc) is 0.898. The van der Waals surface area contributed by atoms with Crippen molar-refractivity contribution in [2.24, 2.45) is 0 Å². The van der Waals surface area contributed by atoms with Crippen LogP contribution >= 0.6 is 15.6 Å². The minimum Gasteiger partial charge on any atom is -0.463 e. The molecular formula is C109H186O16P2. The molecular weight excluding hydrogens is 1630 g/mol. The second kappa shape index (κ2) is 99.7. The van der Waals surface area contributed by atoms with Crippen molar-refractivity contribution in [1.29, 1.82) is 0 Å². The van der Waals surface area contributed by atoms with Crippen LogP contribution in [0.5, 0.6) is 0 Å². The summed E-state index contributed by atoms with van der Waals surface area (Å²) in [5.74, 6) is -1.57. The summed E-state index contributed by atoms with van der Waals surface area (Å²) in [5, 5.41) is 20.8. The first-order valence-electron chi connectivity index (χ1n) is 51.1. The van der Waals surface area contributed by atoms with Gasteiger partial charge in [0.2, 0.25) is 0 Å². The lowest BCUT2D eigenvalue weighted by Gasteiger charge is -2.21. The minimum atomic E-state index is -4.95. The van der Waals surface area contributed by atoms with Crippen molar-refractivity contribution >= 4 is 33.6 Å². The zero-order valence-corrected chi connectivity index (χ0v) is 82.4. The molecule has 0 rings (SSSR count). The fourth-order valence-electron chi connectivity index (χ4n) is 13.9. The van der Waals surface area contributed by atoms with Gasteiger partial charge in [-0.2, -0.15) is 0 Å². The first-order chi connectivity index (χ1) is 62.2. The van der Waals surface area contributed by atoms with Crippen LogP contribution in [0.2, 0.25) is 0 Å². The van der Waals surface area contributed by atoms with E-state index in [-0.39, 0.29) is 19.3 Å². The van der Waals surface area contributed by atoms with E-state index in [2.05, 4.69) is 203 Å². The van der Waals surface area contributed by atoms with Crippen molar-refractivity contribution in [3.63, 3.8) is 0 Å². The molecule has 0 aliphatic carbocycles. The largest absolute Gasteiger partial charge is 0.472 e. The van der Waals surface area contributed by atoms with Gasteiger partial charge in [-0.1, -0.05) is 434 Å². The summed E-state index contributed by atoms with van der Waals surface area (Å²) >= 11 is 0. The predicted molar refractivity (Wildman–Crippen MR) is 537 cm³/mol. The molecule has 0 saturated carbocycles. The zero-order valence-electron chi connectivity index (χ0n) is 80.6. The maximum Gasteiger partial charge on any atom is 0.472 e. The highest BCUT2D eigenvalue weighted by atomic mass is 31.2. The third-order valence-corrected chi connectivity index (χ3v) is 23.5. The molecule has 0 aliphatic heterocycles. The lowest BCUT2D eigenvalue weighted by atomic mass is 10.0. The van der Waals surface area contributed by atoms with Gasteiger partial charge in [-0.05, 0) is 161 Å². The number of ether oxygens (including phenoxy) is 3. The number of carbonyl (C=O) groups excluding carboxylic acids is 3. The van der Waals surface area contributed by atoms with Gasteiger partial charge in [0.05, 0.1) is 26.4 Å². The van der Waals surface area contributed by atoms with Gasteiger partial charge < -0.3 is 34.2 Å². The molecule has 0 amide bonds. The monoisotopic (exact) mass is 1810 g/mol. The Bertz CT molecular complexity index is 3040. The summed E-state index contributed by atoms with van der Waals surface area (Å²) in [6, 6.07) is 0. The fraction of sp³-hybridized carbons (Fsp3) is 0.697. The van der Waals surface area contributed by atoms with Crippen LogP contribution in [0.25, 0.3) is 0 Å². The second-order valence-electron chi connectivity index (χ2n) is 33.9. The number of hydrogen-bond acceptors (Lipinski definition) is 14. The lowest BCUT2D eigenvalue weighted by Crippen LogP contribution is -2.30. The quantitative estimate of drug-likeness (QED) is 0.0146. The van der Waals surface area contributed by atoms with E-state index >= 15 is 0 Å². The molecule has 0 saturated heterocycles. The number of phosphoric ester groups is 2. The van der Waals surface area contributed by atoms with Gasteiger partial charge in [-0.25, -0.2) is 9.13 Å². The van der Waals surface area contributed by atoms with Gasteiger partial charge >= 0.3 is 33.6 Å². The molecule has 0 aliphatic rings. The number of phosphoric acid groups is 2. The summed E-state index contributed by atoms with van der Waals surface area (Å²) in [4.78, 5) is 59.2. The summed E-state index contributed by atoms with van der Waals surface area (Å²) < 4.78 is 61.7. The minimum absolute atomic E-state index is 0.0920. The van der Waals surface area contributed by atoms with Gasteiger partial charge in [0, 0.05) is 19.3 Å². The van der Waals surface area contributed by atoms with Crippen LogP contribution in [0, 0.1) is 0 Å². The van der Waals surface area contributed by atoms with Gasteiger partial charge in [-0.3, -0.25) is 32.5 Å². The third kappa shape index (κ3) is 101. The molecule has 16 nitrogen and oxygen atoms in total. The number of aliphatic hydroxyl groups is 2. The Balaban J connectivity index is 4.58.